The fraction of sp³-hybridized carbons (Fsp3) is 0.182. The SMILES string of the molecule is Fc1ccc(C=C2CCCC3=C2Nc2ncnn2[C@H]3c2ccc(F)cc2)cc1. The summed E-state index contributed by atoms with van der Waals surface area (Å²) in [5.74, 6) is 0.164. The lowest BCUT2D eigenvalue weighted by Gasteiger charge is -2.34. The van der Waals surface area contributed by atoms with Gasteiger partial charge in [0.25, 0.3) is 0 Å². The van der Waals surface area contributed by atoms with Crippen LogP contribution in [0.1, 0.15) is 36.4 Å². The van der Waals surface area contributed by atoms with Gasteiger partial charge in [-0.2, -0.15) is 10.1 Å². The van der Waals surface area contributed by atoms with E-state index in [-0.39, 0.29) is 17.7 Å². The Labute approximate surface area is 161 Å². The molecule has 0 spiro atoms. The summed E-state index contributed by atoms with van der Waals surface area (Å²) in [6, 6.07) is 12.9. The van der Waals surface area contributed by atoms with E-state index in [0.29, 0.717) is 5.95 Å². The molecule has 1 aromatic heterocycles. The number of allylic oxidation sites excluding steroid dienone is 2. The maximum atomic E-state index is 13.5. The summed E-state index contributed by atoms with van der Waals surface area (Å²) in [5.41, 5.74) is 5.35. The molecule has 0 amide bonds. The quantitative estimate of drug-likeness (QED) is 0.677. The van der Waals surface area contributed by atoms with E-state index in [1.165, 1.54) is 36.2 Å². The van der Waals surface area contributed by atoms with Crippen LogP contribution >= 0.6 is 0 Å². The Kier molecular flexibility index (Phi) is 4.04. The zero-order valence-corrected chi connectivity index (χ0v) is 15.1. The van der Waals surface area contributed by atoms with Crippen molar-refractivity contribution in [1.29, 1.82) is 0 Å². The zero-order chi connectivity index (χ0) is 19.1. The molecule has 1 atom stereocenters. The van der Waals surface area contributed by atoms with E-state index >= 15 is 0 Å². The Bertz CT molecular complexity index is 1080. The lowest BCUT2D eigenvalue weighted by molar-refractivity contribution is 0.536. The van der Waals surface area contributed by atoms with Crippen molar-refractivity contribution in [3.05, 3.63) is 94.5 Å². The summed E-state index contributed by atoms with van der Waals surface area (Å²) in [4.78, 5) is 4.35. The summed E-state index contributed by atoms with van der Waals surface area (Å²) in [6.45, 7) is 0. The molecular formula is C22H18F2N4. The van der Waals surface area contributed by atoms with Crippen LogP contribution in [0.25, 0.3) is 6.08 Å². The number of nitrogens with zero attached hydrogens (tertiary/aromatic N) is 3. The predicted octanol–water partition coefficient (Wildman–Crippen LogP) is 5.09. The number of halogens is 2. The normalized spacial score (nSPS) is 19.9. The zero-order valence-electron chi connectivity index (χ0n) is 15.1. The fourth-order valence-corrected chi connectivity index (χ4v) is 4.04. The van der Waals surface area contributed by atoms with Crippen LogP contribution in [0.4, 0.5) is 14.7 Å². The van der Waals surface area contributed by atoms with Gasteiger partial charge in [0.05, 0.1) is 0 Å². The Balaban J connectivity index is 1.63. The highest BCUT2D eigenvalue weighted by molar-refractivity contribution is 5.65. The monoisotopic (exact) mass is 376 g/mol. The molecule has 28 heavy (non-hydrogen) atoms. The fourth-order valence-electron chi connectivity index (χ4n) is 4.04. The summed E-state index contributed by atoms with van der Waals surface area (Å²) < 4.78 is 28.6. The maximum Gasteiger partial charge on any atom is 0.226 e. The second-order valence-electron chi connectivity index (χ2n) is 7.08. The predicted molar refractivity (Wildman–Crippen MR) is 103 cm³/mol. The van der Waals surface area contributed by atoms with Crippen LogP contribution in [0.3, 0.4) is 0 Å². The molecule has 0 saturated carbocycles. The molecule has 3 aromatic rings. The molecule has 1 N–H and O–H groups in total. The smallest absolute Gasteiger partial charge is 0.226 e. The molecule has 2 aromatic carbocycles. The number of fused-ring (bicyclic) bond motifs is 1. The van der Waals surface area contributed by atoms with Crippen LogP contribution in [-0.4, -0.2) is 14.8 Å². The van der Waals surface area contributed by atoms with Crippen molar-refractivity contribution in [3.8, 4) is 0 Å². The molecule has 0 saturated heterocycles. The van der Waals surface area contributed by atoms with E-state index in [2.05, 4.69) is 21.5 Å². The van der Waals surface area contributed by atoms with Gasteiger partial charge in [0.2, 0.25) is 5.95 Å². The van der Waals surface area contributed by atoms with E-state index in [1.807, 2.05) is 4.68 Å². The largest absolute Gasteiger partial charge is 0.324 e. The molecule has 140 valence electrons. The molecule has 5 rings (SSSR count). The van der Waals surface area contributed by atoms with Crippen LogP contribution in [0.15, 0.2) is 71.7 Å². The summed E-state index contributed by atoms with van der Waals surface area (Å²) in [6.07, 6.45) is 6.47. The molecule has 0 bridgehead atoms. The third-order valence-corrected chi connectivity index (χ3v) is 5.32. The van der Waals surface area contributed by atoms with Crippen LogP contribution < -0.4 is 5.32 Å². The van der Waals surface area contributed by atoms with Crippen molar-refractivity contribution in [2.24, 2.45) is 0 Å². The first-order chi connectivity index (χ1) is 13.7. The number of benzene rings is 2. The number of hydrogen-bond donors (Lipinski definition) is 1. The van der Waals surface area contributed by atoms with Crippen LogP contribution in [0, 0.1) is 11.6 Å². The Morgan fingerprint density at radius 2 is 1.68 bits per heavy atom. The number of rotatable bonds is 2. The molecular weight excluding hydrogens is 358 g/mol. The van der Waals surface area contributed by atoms with E-state index in [9.17, 15) is 8.78 Å². The molecule has 1 aliphatic carbocycles. The molecule has 0 radical (unpaired) electrons. The van der Waals surface area contributed by atoms with Crippen LogP contribution in [-0.2, 0) is 0 Å². The minimum Gasteiger partial charge on any atom is -0.324 e. The topological polar surface area (TPSA) is 42.7 Å². The highest BCUT2D eigenvalue weighted by Crippen LogP contribution is 2.43. The van der Waals surface area contributed by atoms with Gasteiger partial charge in [-0.15, -0.1) is 0 Å². The average Bonchev–Trinajstić information content (AvgIpc) is 3.17. The van der Waals surface area contributed by atoms with Gasteiger partial charge in [-0.3, -0.25) is 0 Å². The molecule has 2 aliphatic rings. The van der Waals surface area contributed by atoms with E-state index < -0.39 is 0 Å². The molecule has 4 nitrogen and oxygen atoms in total. The van der Waals surface area contributed by atoms with Gasteiger partial charge < -0.3 is 5.32 Å². The number of anilines is 1. The van der Waals surface area contributed by atoms with E-state index in [1.54, 1.807) is 24.3 Å². The van der Waals surface area contributed by atoms with Crippen molar-refractivity contribution in [2.45, 2.75) is 25.3 Å². The van der Waals surface area contributed by atoms with Gasteiger partial charge in [0.15, 0.2) is 0 Å². The Morgan fingerprint density at radius 1 is 0.964 bits per heavy atom. The minimum absolute atomic E-state index is 0.119. The summed E-state index contributed by atoms with van der Waals surface area (Å²) in [5, 5.41) is 7.83. The highest BCUT2D eigenvalue weighted by Gasteiger charge is 2.33. The maximum absolute atomic E-state index is 13.5. The Hall–Kier alpha value is -3.28. The van der Waals surface area contributed by atoms with Crippen molar-refractivity contribution in [3.63, 3.8) is 0 Å². The van der Waals surface area contributed by atoms with Crippen LogP contribution in [0.5, 0.6) is 0 Å². The highest BCUT2D eigenvalue weighted by atomic mass is 19.1. The summed E-state index contributed by atoms with van der Waals surface area (Å²) in [7, 11) is 0. The van der Waals surface area contributed by atoms with Crippen molar-refractivity contribution in [2.75, 3.05) is 5.32 Å². The third-order valence-electron chi connectivity index (χ3n) is 5.32. The number of aromatic nitrogens is 3. The van der Waals surface area contributed by atoms with Crippen LogP contribution in [0.2, 0.25) is 0 Å². The lowest BCUT2D eigenvalue weighted by atomic mass is 9.83. The average molecular weight is 376 g/mol. The molecule has 2 heterocycles. The standard InChI is InChI=1S/C22H18F2N4/c23-17-8-4-14(5-9-17)12-16-2-1-3-19-20(16)27-22-25-13-26-28(22)21(19)15-6-10-18(24)11-7-15/h4-13,21H,1-3H2,(H,25,26,27)/t21-/m0/s1. The first-order valence-corrected chi connectivity index (χ1v) is 9.30. The molecule has 6 heteroatoms. The first-order valence-electron chi connectivity index (χ1n) is 9.30. The number of nitrogens with one attached hydrogen (secondary N) is 1. The number of hydrogen-bond acceptors (Lipinski definition) is 3. The van der Waals surface area contributed by atoms with Crippen molar-refractivity contribution >= 4 is 12.0 Å². The second kappa shape index (κ2) is 6.71. The lowest BCUT2D eigenvalue weighted by Crippen LogP contribution is -2.28. The van der Waals surface area contributed by atoms with Gasteiger partial charge in [-0.25, -0.2) is 13.5 Å². The van der Waals surface area contributed by atoms with E-state index in [0.717, 1.165) is 41.7 Å². The third kappa shape index (κ3) is 2.91. The van der Waals surface area contributed by atoms with Gasteiger partial charge in [0, 0.05) is 5.70 Å². The second-order valence-corrected chi connectivity index (χ2v) is 7.08. The summed E-state index contributed by atoms with van der Waals surface area (Å²) >= 11 is 0. The van der Waals surface area contributed by atoms with Crippen molar-refractivity contribution in [1.82, 2.24) is 14.8 Å². The Morgan fingerprint density at radius 3 is 2.43 bits per heavy atom. The van der Waals surface area contributed by atoms with Crippen molar-refractivity contribution < 1.29 is 8.78 Å². The minimum atomic E-state index is -0.258. The van der Waals surface area contributed by atoms with Gasteiger partial charge >= 0.3 is 0 Å². The van der Waals surface area contributed by atoms with Gasteiger partial charge in [0.1, 0.15) is 24.0 Å². The molecule has 1 aliphatic heterocycles. The molecule has 0 unspecified atom stereocenters. The van der Waals surface area contributed by atoms with Gasteiger partial charge in [-0.05, 0) is 71.9 Å². The van der Waals surface area contributed by atoms with E-state index in [4.69, 9.17) is 0 Å². The first kappa shape index (κ1) is 16.9. The van der Waals surface area contributed by atoms with Gasteiger partial charge in [-0.1, -0.05) is 24.3 Å². The molecule has 0 fully saturated rings.